The van der Waals surface area contributed by atoms with E-state index in [1.807, 2.05) is 74.5 Å². The van der Waals surface area contributed by atoms with Crippen molar-refractivity contribution >= 4 is 23.2 Å². The van der Waals surface area contributed by atoms with E-state index in [2.05, 4.69) is 4.98 Å². The van der Waals surface area contributed by atoms with Gasteiger partial charge in [-0.25, -0.2) is 9.78 Å². The Morgan fingerprint density at radius 1 is 1.04 bits per heavy atom. The number of carbonyl (C=O) groups is 2. The minimum absolute atomic E-state index is 0.00429. The number of carbonyl (C=O) groups excluding carboxylic acids is 2. The van der Waals surface area contributed by atoms with Crippen molar-refractivity contribution in [1.29, 1.82) is 0 Å². The molecule has 0 radical (unpaired) electrons. The molecule has 0 aliphatic heterocycles. The highest BCUT2D eigenvalue weighted by atomic mass is 32.1. The Bertz CT molecular complexity index is 923. The van der Waals surface area contributed by atoms with Gasteiger partial charge in [-0.2, -0.15) is 0 Å². The highest BCUT2D eigenvalue weighted by Gasteiger charge is 2.20. The second-order valence-corrected chi connectivity index (χ2v) is 7.44. The van der Waals surface area contributed by atoms with E-state index in [1.54, 1.807) is 10.3 Å². The normalized spacial score (nSPS) is 10.7. The number of thiazole rings is 1. The van der Waals surface area contributed by atoms with Crippen molar-refractivity contribution in [3.63, 3.8) is 0 Å². The zero-order chi connectivity index (χ0) is 19.9. The molecule has 1 aromatic heterocycles. The van der Waals surface area contributed by atoms with E-state index >= 15 is 0 Å². The Labute approximate surface area is 168 Å². The SMILES string of the molecule is CC(C)N(Cc1ccccc1)C(=O)COC(=O)c1csc(-c2ccccc2)n1. The average Bonchev–Trinajstić information content (AvgIpc) is 3.21. The Hall–Kier alpha value is -2.99. The van der Waals surface area contributed by atoms with Crippen LogP contribution >= 0.6 is 11.3 Å². The molecule has 1 heterocycles. The summed E-state index contributed by atoms with van der Waals surface area (Å²) >= 11 is 1.37. The van der Waals surface area contributed by atoms with E-state index < -0.39 is 5.97 Å². The van der Waals surface area contributed by atoms with Gasteiger partial charge in [0.1, 0.15) is 5.01 Å². The molecule has 0 aliphatic carbocycles. The van der Waals surface area contributed by atoms with E-state index in [0.717, 1.165) is 16.1 Å². The quantitative estimate of drug-likeness (QED) is 0.557. The Balaban J connectivity index is 1.60. The van der Waals surface area contributed by atoms with Crippen LogP contribution < -0.4 is 0 Å². The van der Waals surface area contributed by atoms with E-state index in [4.69, 9.17) is 4.74 Å². The first-order valence-corrected chi connectivity index (χ1v) is 9.94. The minimum Gasteiger partial charge on any atom is -0.451 e. The Kier molecular flexibility index (Phi) is 6.55. The number of aromatic nitrogens is 1. The predicted octanol–water partition coefficient (Wildman–Crippen LogP) is 4.40. The zero-order valence-corrected chi connectivity index (χ0v) is 16.7. The van der Waals surface area contributed by atoms with E-state index in [1.165, 1.54) is 11.3 Å². The van der Waals surface area contributed by atoms with Gasteiger partial charge >= 0.3 is 5.97 Å². The van der Waals surface area contributed by atoms with Crippen LogP contribution in [0.15, 0.2) is 66.0 Å². The lowest BCUT2D eigenvalue weighted by Gasteiger charge is -2.26. The smallest absolute Gasteiger partial charge is 0.358 e. The maximum atomic E-state index is 12.6. The molecule has 1 amide bonds. The number of hydrogen-bond acceptors (Lipinski definition) is 5. The summed E-state index contributed by atoms with van der Waals surface area (Å²) in [5.74, 6) is -0.819. The number of nitrogens with zero attached hydrogens (tertiary/aromatic N) is 2. The van der Waals surface area contributed by atoms with Gasteiger partial charge in [-0.15, -0.1) is 11.3 Å². The standard InChI is InChI=1S/C22H22N2O3S/c1-16(2)24(13-17-9-5-3-6-10-17)20(25)14-27-22(26)19-15-28-21(23-19)18-11-7-4-8-12-18/h3-12,15-16H,13-14H2,1-2H3. The number of rotatable bonds is 7. The molecular formula is C22H22N2O3S. The van der Waals surface area contributed by atoms with Gasteiger partial charge in [0.15, 0.2) is 12.3 Å². The molecule has 0 saturated heterocycles. The first-order valence-electron chi connectivity index (χ1n) is 9.06. The minimum atomic E-state index is -0.588. The van der Waals surface area contributed by atoms with Gasteiger partial charge in [-0.05, 0) is 19.4 Å². The van der Waals surface area contributed by atoms with Crippen LogP contribution in [0.5, 0.6) is 0 Å². The summed E-state index contributed by atoms with van der Waals surface area (Å²) in [5.41, 5.74) is 2.19. The lowest BCUT2D eigenvalue weighted by atomic mass is 10.2. The van der Waals surface area contributed by atoms with E-state index in [-0.39, 0.29) is 24.2 Å². The van der Waals surface area contributed by atoms with Gasteiger partial charge in [0.2, 0.25) is 0 Å². The largest absolute Gasteiger partial charge is 0.451 e. The lowest BCUT2D eigenvalue weighted by Crippen LogP contribution is -2.39. The summed E-state index contributed by atoms with van der Waals surface area (Å²) < 4.78 is 5.22. The molecule has 0 atom stereocenters. The molecule has 144 valence electrons. The third-order valence-electron chi connectivity index (χ3n) is 4.20. The van der Waals surface area contributed by atoms with Crippen LogP contribution in [0, 0.1) is 0 Å². The van der Waals surface area contributed by atoms with Crippen LogP contribution in [0.25, 0.3) is 10.6 Å². The fraction of sp³-hybridized carbons (Fsp3) is 0.227. The first kappa shape index (κ1) is 19.8. The van der Waals surface area contributed by atoms with E-state index in [9.17, 15) is 9.59 Å². The van der Waals surface area contributed by atoms with Crippen molar-refractivity contribution in [2.45, 2.75) is 26.4 Å². The highest BCUT2D eigenvalue weighted by Crippen LogP contribution is 2.23. The molecule has 5 nitrogen and oxygen atoms in total. The topological polar surface area (TPSA) is 59.5 Å². The van der Waals surface area contributed by atoms with Crippen molar-refractivity contribution in [3.05, 3.63) is 77.3 Å². The molecular weight excluding hydrogens is 372 g/mol. The third-order valence-corrected chi connectivity index (χ3v) is 5.09. The summed E-state index contributed by atoms with van der Waals surface area (Å²) in [6, 6.07) is 19.4. The van der Waals surface area contributed by atoms with Gasteiger partial charge in [0, 0.05) is 23.5 Å². The summed E-state index contributed by atoms with van der Waals surface area (Å²) in [6.45, 7) is 4.05. The molecule has 28 heavy (non-hydrogen) atoms. The first-order chi connectivity index (χ1) is 13.5. The van der Waals surface area contributed by atoms with E-state index in [0.29, 0.717) is 6.54 Å². The molecule has 0 fully saturated rings. The van der Waals surface area contributed by atoms with Crippen LogP contribution in [-0.2, 0) is 16.1 Å². The number of benzene rings is 2. The molecule has 0 N–H and O–H groups in total. The second kappa shape index (κ2) is 9.28. The number of amides is 1. The van der Waals surface area contributed by atoms with Crippen LogP contribution in [0.1, 0.15) is 29.9 Å². The predicted molar refractivity (Wildman–Crippen MR) is 110 cm³/mol. The van der Waals surface area contributed by atoms with Crippen molar-refractivity contribution in [3.8, 4) is 10.6 Å². The van der Waals surface area contributed by atoms with Crippen molar-refractivity contribution in [2.75, 3.05) is 6.61 Å². The third kappa shape index (κ3) is 5.04. The molecule has 0 aliphatic rings. The number of esters is 1. The van der Waals surface area contributed by atoms with Crippen LogP contribution in [-0.4, -0.2) is 34.4 Å². The van der Waals surface area contributed by atoms with Crippen LogP contribution in [0.4, 0.5) is 0 Å². The molecule has 0 saturated carbocycles. The zero-order valence-electron chi connectivity index (χ0n) is 15.9. The van der Waals surface area contributed by atoms with Gasteiger partial charge in [0.25, 0.3) is 5.91 Å². The second-order valence-electron chi connectivity index (χ2n) is 6.58. The molecule has 2 aromatic carbocycles. The summed E-state index contributed by atoms with van der Waals surface area (Å²) in [7, 11) is 0. The molecule has 6 heteroatoms. The summed E-state index contributed by atoms with van der Waals surface area (Å²) in [5, 5.41) is 2.39. The fourth-order valence-electron chi connectivity index (χ4n) is 2.70. The average molecular weight is 394 g/mol. The van der Waals surface area contributed by atoms with Gasteiger partial charge in [-0.1, -0.05) is 60.7 Å². The maximum Gasteiger partial charge on any atom is 0.358 e. The van der Waals surface area contributed by atoms with Crippen molar-refractivity contribution in [1.82, 2.24) is 9.88 Å². The van der Waals surface area contributed by atoms with Gasteiger partial charge in [0.05, 0.1) is 0 Å². The van der Waals surface area contributed by atoms with Crippen molar-refractivity contribution in [2.24, 2.45) is 0 Å². The Morgan fingerprint density at radius 2 is 1.68 bits per heavy atom. The highest BCUT2D eigenvalue weighted by molar-refractivity contribution is 7.13. The van der Waals surface area contributed by atoms with Crippen LogP contribution in [0.3, 0.4) is 0 Å². The summed E-state index contributed by atoms with van der Waals surface area (Å²) in [4.78, 5) is 30.9. The molecule has 0 bridgehead atoms. The van der Waals surface area contributed by atoms with Crippen molar-refractivity contribution < 1.29 is 14.3 Å². The van der Waals surface area contributed by atoms with Gasteiger partial charge in [-0.3, -0.25) is 4.79 Å². The number of hydrogen-bond donors (Lipinski definition) is 0. The lowest BCUT2D eigenvalue weighted by molar-refractivity contribution is -0.136. The molecule has 0 unspecified atom stereocenters. The molecule has 3 rings (SSSR count). The fourth-order valence-corrected chi connectivity index (χ4v) is 3.50. The molecule has 0 spiro atoms. The Morgan fingerprint density at radius 3 is 2.32 bits per heavy atom. The molecule has 3 aromatic rings. The monoisotopic (exact) mass is 394 g/mol. The van der Waals surface area contributed by atoms with Crippen LogP contribution in [0.2, 0.25) is 0 Å². The summed E-state index contributed by atoms with van der Waals surface area (Å²) in [6.07, 6.45) is 0. The van der Waals surface area contributed by atoms with Gasteiger partial charge < -0.3 is 9.64 Å². The number of ether oxygens (including phenoxy) is 1. The maximum absolute atomic E-state index is 12.6.